The molecule has 1 aromatic carbocycles. The smallest absolute Gasteiger partial charge is 0.450 e. The van der Waals surface area contributed by atoms with Crippen LogP contribution in [0.5, 0.6) is 0 Å². The molecule has 2 aromatic heterocycles. The molecule has 0 fully saturated rings. The minimum absolute atomic E-state index is 0.0221. The van der Waals surface area contributed by atoms with Gasteiger partial charge in [0.05, 0.1) is 11.3 Å². The number of furan rings is 1. The summed E-state index contributed by atoms with van der Waals surface area (Å²) in [4.78, 5) is 4.21. The van der Waals surface area contributed by atoms with Crippen molar-refractivity contribution < 1.29 is 26.4 Å². The van der Waals surface area contributed by atoms with Crippen molar-refractivity contribution in [1.82, 2.24) is 4.98 Å². The molecule has 0 unspecified atom stereocenters. The number of benzene rings is 1. The minimum Gasteiger partial charge on any atom is -0.456 e. The van der Waals surface area contributed by atoms with Crippen molar-refractivity contribution in [2.24, 2.45) is 0 Å². The molecule has 8 heteroatoms. The average molecular weight is 448 g/mol. The lowest BCUT2D eigenvalue weighted by Crippen LogP contribution is -2.08. The number of anilines is 1. The highest BCUT2D eigenvalue weighted by atomic mass is 19.4. The Kier molecular flexibility index (Phi) is 5.79. The molecule has 0 saturated heterocycles. The predicted octanol–water partition coefficient (Wildman–Crippen LogP) is 7.38. The highest BCUT2D eigenvalue weighted by molar-refractivity contribution is 5.79. The van der Waals surface area contributed by atoms with Gasteiger partial charge in [-0.1, -0.05) is 11.6 Å². The van der Waals surface area contributed by atoms with Crippen molar-refractivity contribution in [1.29, 1.82) is 0 Å². The van der Waals surface area contributed by atoms with E-state index in [2.05, 4.69) is 10.3 Å². The van der Waals surface area contributed by atoms with E-state index in [9.17, 15) is 22.0 Å². The van der Waals surface area contributed by atoms with Crippen LogP contribution in [0.2, 0.25) is 0 Å². The maximum absolute atomic E-state index is 14.3. The first-order valence-corrected chi connectivity index (χ1v) is 10.2. The largest absolute Gasteiger partial charge is 0.456 e. The zero-order chi connectivity index (χ0) is 23.0. The van der Waals surface area contributed by atoms with E-state index in [4.69, 9.17) is 4.42 Å². The van der Waals surface area contributed by atoms with Crippen molar-refractivity contribution in [2.45, 2.75) is 45.7 Å². The number of pyridine rings is 1. The van der Waals surface area contributed by atoms with Crippen molar-refractivity contribution in [2.75, 3.05) is 5.32 Å². The molecule has 1 aliphatic carbocycles. The third kappa shape index (κ3) is 4.13. The topological polar surface area (TPSA) is 38.1 Å². The Balaban J connectivity index is 1.70. The molecule has 168 valence electrons. The van der Waals surface area contributed by atoms with Gasteiger partial charge in [0.2, 0.25) is 5.76 Å². The maximum atomic E-state index is 14.3. The fraction of sp³-hybridized carbons (Fsp3) is 0.292. The summed E-state index contributed by atoms with van der Waals surface area (Å²) in [5.74, 6) is -1.85. The lowest BCUT2D eigenvalue weighted by Gasteiger charge is -2.15. The van der Waals surface area contributed by atoms with Crippen LogP contribution in [0.3, 0.4) is 0 Å². The Bertz CT molecular complexity index is 1150. The Morgan fingerprint density at radius 2 is 1.69 bits per heavy atom. The predicted molar refractivity (Wildman–Crippen MR) is 112 cm³/mol. The van der Waals surface area contributed by atoms with Crippen molar-refractivity contribution in [3.8, 4) is 11.1 Å². The molecule has 32 heavy (non-hydrogen) atoms. The molecule has 0 atom stereocenters. The third-order valence-electron chi connectivity index (χ3n) is 5.45. The van der Waals surface area contributed by atoms with E-state index in [1.54, 1.807) is 13.8 Å². The van der Waals surface area contributed by atoms with Gasteiger partial charge in [-0.3, -0.25) is 0 Å². The number of fused-ring (bicyclic) bond motifs is 1. The summed E-state index contributed by atoms with van der Waals surface area (Å²) in [6.45, 7) is 3.38. The number of rotatable bonds is 4. The number of aryl methyl sites for hydroxylation is 1. The van der Waals surface area contributed by atoms with Crippen LogP contribution < -0.4 is 5.32 Å². The Hall–Kier alpha value is -3.16. The van der Waals surface area contributed by atoms with Crippen LogP contribution in [-0.2, 0) is 19.0 Å². The standard InChI is InChI=1S/C24H21F5N2O/c1-13(2)22(21-16(25)7-5-8-17(21)26)31-19-11-10-14(12-30-19)20-15-6-3-4-9-18(15)32-23(20)24(27,28)29/h5,7-8,10-12H,3-4,6,9H2,1-2H3,(H,30,31). The highest BCUT2D eigenvalue weighted by Gasteiger charge is 2.41. The summed E-state index contributed by atoms with van der Waals surface area (Å²) in [6, 6.07) is 6.57. The normalized spacial score (nSPS) is 13.6. The number of alkyl halides is 3. The van der Waals surface area contributed by atoms with Crippen molar-refractivity contribution in [3.63, 3.8) is 0 Å². The first-order valence-electron chi connectivity index (χ1n) is 10.2. The van der Waals surface area contributed by atoms with Gasteiger partial charge in [0.1, 0.15) is 23.2 Å². The van der Waals surface area contributed by atoms with E-state index in [1.165, 1.54) is 24.4 Å². The van der Waals surface area contributed by atoms with Gasteiger partial charge in [-0.25, -0.2) is 13.8 Å². The molecule has 1 N–H and O–H groups in total. The summed E-state index contributed by atoms with van der Waals surface area (Å²) < 4.78 is 74.6. The summed E-state index contributed by atoms with van der Waals surface area (Å²) >= 11 is 0. The monoisotopic (exact) mass is 448 g/mol. The first kappa shape index (κ1) is 22.0. The van der Waals surface area contributed by atoms with Gasteiger partial charge in [0, 0.05) is 29.3 Å². The van der Waals surface area contributed by atoms with Gasteiger partial charge >= 0.3 is 6.18 Å². The first-order chi connectivity index (χ1) is 15.2. The third-order valence-corrected chi connectivity index (χ3v) is 5.45. The molecule has 0 aliphatic heterocycles. The number of allylic oxidation sites excluding steroid dienone is 1. The van der Waals surface area contributed by atoms with Gasteiger partial charge < -0.3 is 9.73 Å². The van der Waals surface area contributed by atoms with E-state index >= 15 is 0 Å². The van der Waals surface area contributed by atoms with Gasteiger partial charge in [-0.2, -0.15) is 13.2 Å². The molecule has 0 spiro atoms. The quantitative estimate of drug-likeness (QED) is 0.423. The van der Waals surface area contributed by atoms with Gasteiger partial charge in [-0.15, -0.1) is 0 Å². The van der Waals surface area contributed by atoms with Gasteiger partial charge in [0.15, 0.2) is 0 Å². The lowest BCUT2D eigenvalue weighted by molar-refractivity contribution is -0.152. The van der Waals surface area contributed by atoms with E-state index in [0.29, 0.717) is 29.7 Å². The fourth-order valence-electron chi connectivity index (χ4n) is 3.99. The SMILES string of the molecule is CC(C)=C(Nc1ccc(-c2c(C(F)(F)F)oc3c2CCCC3)cn1)c1c(F)cccc1F. The number of hydrogen-bond acceptors (Lipinski definition) is 3. The van der Waals surface area contributed by atoms with Crippen LogP contribution >= 0.6 is 0 Å². The van der Waals surface area contributed by atoms with Crippen molar-refractivity contribution in [3.05, 3.63) is 76.4 Å². The lowest BCUT2D eigenvalue weighted by atomic mass is 9.92. The zero-order valence-corrected chi connectivity index (χ0v) is 17.5. The maximum Gasteiger partial charge on any atom is 0.450 e. The van der Waals surface area contributed by atoms with E-state index in [0.717, 1.165) is 25.0 Å². The second-order valence-corrected chi connectivity index (χ2v) is 7.94. The Morgan fingerprint density at radius 1 is 1.00 bits per heavy atom. The molecule has 3 nitrogen and oxygen atoms in total. The molecule has 0 radical (unpaired) electrons. The summed E-state index contributed by atoms with van der Waals surface area (Å²) in [6.07, 6.45) is -0.736. The van der Waals surface area contributed by atoms with Crippen LogP contribution in [0.4, 0.5) is 27.8 Å². The second kappa shape index (κ2) is 8.41. The molecule has 3 aromatic rings. The van der Waals surface area contributed by atoms with Crippen LogP contribution in [0.15, 0.2) is 46.5 Å². The van der Waals surface area contributed by atoms with Gasteiger partial charge in [0.25, 0.3) is 0 Å². The van der Waals surface area contributed by atoms with E-state index in [1.807, 2.05) is 0 Å². The summed E-state index contributed by atoms with van der Waals surface area (Å²) in [5, 5.41) is 2.90. The molecular weight excluding hydrogens is 427 g/mol. The molecule has 0 saturated carbocycles. The summed E-state index contributed by atoms with van der Waals surface area (Å²) in [5.41, 5.74) is 1.48. The fourth-order valence-corrected chi connectivity index (χ4v) is 3.99. The number of aromatic nitrogens is 1. The van der Waals surface area contributed by atoms with Crippen LogP contribution in [0.25, 0.3) is 16.8 Å². The average Bonchev–Trinajstić information content (AvgIpc) is 3.13. The number of hydrogen-bond donors (Lipinski definition) is 1. The minimum atomic E-state index is -4.62. The molecule has 1 aliphatic rings. The number of nitrogens with one attached hydrogen (secondary N) is 1. The second-order valence-electron chi connectivity index (χ2n) is 7.94. The number of nitrogens with zero attached hydrogens (tertiary/aromatic N) is 1. The van der Waals surface area contributed by atoms with Gasteiger partial charge in [-0.05, 0) is 57.4 Å². The van der Waals surface area contributed by atoms with Crippen molar-refractivity contribution >= 4 is 11.5 Å². The van der Waals surface area contributed by atoms with Crippen LogP contribution in [0.1, 0.15) is 49.3 Å². The van der Waals surface area contributed by atoms with Crippen LogP contribution in [-0.4, -0.2) is 4.98 Å². The highest BCUT2D eigenvalue weighted by Crippen LogP contribution is 2.44. The van der Waals surface area contributed by atoms with E-state index < -0.39 is 23.6 Å². The summed E-state index contributed by atoms with van der Waals surface area (Å²) in [7, 11) is 0. The number of halogens is 5. The Morgan fingerprint density at radius 3 is 2.28 bits per heavy atom. The molecule has 0 bridgehead atoms. The molecule has 0 amide bonds. The zero-order valence-electron chi connectivity index (χ0n) is 17.5. The molecule has 2 heterocycles. The van der Waals surface area contributed by atoms with Crippen LogP contribution in [0, 0.1) is 11.6 Å². The molecule has 4 rings (SSSR count). The van der Waals surface area contributed by atoms with E-state index in [-0.39, 0.29) is 28.2 Å². The Labute approximate surface area is 182 Å². The molecular formula is C24H21F5N2O.